The van der Waals surface area contributed by atoms with Crippen LogP contribution in [-0.2, 0) is 14.6 Å². The van der Waals surface area contributed by atoms with Gasteiger partial charge >= 0.3 is 0 Å². The third-order valence-corrected chi connectivity index (χ3v) is 5.22. The van der Waals surface area contributed by atoms with Gasteiger partial charge in [0.15, 0.2) is 15.8 Å². The summed E-state index contributed by atoms with van der Waals surface area (Å²) in [5, 5.41) is 6.44. The first-order valence-corrected chi connectivity index (χ1v) is 9.02. The number of aliphatic imine (C=N–C) groups is 1. The molecule has 0 bridgehead atoms. The van der Waals surface area contributed by atoms with Crippen molar-refractivity contribution in [1.29, 1.82) is 0 Å². The Morgan fingerprint density at radius 3 is 2.43 bits per heavy atom. The minimum absolute atomic E-state index is 0.251. The molecule has 7 nitrogen and oxygen atoms in total. The summed E-state index contributed by atoms with van der Waals surface area (Å²) in [5.74, 6) is 1.26. The van der Waals surface area contributed by atoms with Crippen LogP contribution < -0.4 is 10.6 Å². The minimum atomic E-state index is -2.80. The Labute approximate surface area is 128 Å². The van der Waals surface area contributed by atoms with Gasteiger partial charge in [0.05, 0.1) is 17.1 Å². The average Bonchev–Trinajstić information content (AvgIpc) is 2.44. The number of nitrogens with one attached hydrogen (secondary N) is 2. The number of ether oxygens (including phenoxy) is 1. The standard InChI is InChI=1S/C13H28N4O3S/c1-13(2,20-4)11-16-12(14-3)15-5-6-17-7-9-21(18,19)10-8-17/h5-11H2,1-4H3,(H2,14,15,16). The fraction of sp³-hybridized carbons (Fsp3) is 0.923. The molecule has 1 fully saturated rings. The summed E-state index contributed by atoms with van der Waals surface area (Å²) < 4.78 is 28.0. The zero-order chi connectivity index (χ0) is 15.9. The summed E-state index contributed by atoms with van der Waals surface area (Å²) >= 11 is 0. The molecule has 124 valence electrons. The van der Waals surface area contributed by atoms with Crippen molar-refractivity contribution in [2.24, 2.45) is 4.99 Å². The van der Waals surface area contributed by atoms with Crippen molar-refractivity contribution in [1.82, 2.24) is 15.5 Å². The van der Waals surface area contributed by atoms with E-state index in [0.29, 0.717) is 19.6 Å². The molecular weight excluding hydrogens is 292 g/mol. The molecule has 1 heterocycles. The van der Waals surface area contributed by atoms with E-state index < -0.39 is 9.84 Å². The van der Waals surface area contributed by atoms with Gasteiger partial charge in [-0.3, -0.25) is 9.89 Å². The molecule has 21 heavy (non-hydrogen) atoms. The van der Waals surface area contributed by atoms with Gasteiger partial charge in [0.2, 0.25) is 0 Å². The predicted octanol–water partition coefficient (Wildman–Crippen LogP) is -0.693. The number of guanidine groups is 1. The zero-order valence-electron chi connectivity index (χ0n) is 13.5. The maximum absolute atomic E-state index is 11.3. The highest BCUT2D eigenvalue weighted by atomic mass is 32.2. The molecule has 2 N–H and O–H groups in total. The first kappa shape index (κ1) is 18.2. The predicted molar refractivity (Wildman–Crippen MR) is 85.5 cm³/mol. The van der Waals surface area contributed by atoms with E-state index in [4.69, 9.17) is 4.74 Å². The monoisotopic (exact) mass is 320 g/mol. The van der Waals surface area contributed by atoms with Gasteiger partial charge < -0.3 is 15.4 Å². The molecule has 0 spiro atoms. The first-order chi connectivity index (χ1) is 9.78. The Morgan fingerprint density at radius 1 is 1.29 bits per heavy atom. The van der Waals surface area contributed by atoms with E-state index in [9.17, 15) is 8.42 Å². The van der Waals surface area contributed by atoms with Crippen molar-refractivity contribution < 1.29 is 13.2 Å². The Hall–Kier alpha value is -0.860. The molecule has 1 aliphatic heterocycles. The average molecular weight is 320 g/mol. The molecule has 0 aromatic rings. The quantitative estimate of drug-likeness (QED) is 0.498. The van der Waals surface area contributed by atoms with Crippen LogP contribution in [0.1, 0.15) is 13.8 Å². The van der Waals surface area contributed by atoms with Crippen LogP contribution in [0.15, 0.2) is 4.99 Å². The van der Waals surface area contributed by atoms with Crippen LogP contribution in [0.5, 0.6) is 0 Å². The van der Waals surface area contributed by atoms with Crippen LogP contribution in [0.4, 0.5) is 0 Å². The second kappa shape index (κ2) is 7.95. The molecule has 0 aliphatic carbocycles. The lowest BCUT2D eigenvalue weighted by Crippen LogP contribution is -2.48. The smallest absolute Gasteiger partial charge is 0.191 e. The maximum Gasteiger partial charge on any atom is 0.191 e. The molecule has 1 saturated heterocycles. The fourth-order valence-corrected chi connectivity index (χ4v) is 3.17. The summed E-state index contributed by atoms with van der Waals surface area (Å²) in [6, 6.07) is 0. The normalized spacial score (nSPS) is 20.3. The van der Waals surface area contributed by atoms with Gasteiger partial charge in [-0.05, 0) is 13.8 Å². The van der Waals surface area contributed by atoms with Gasteiger partial charge in [0, 0.05) is 46.9 Å². The SMILES string of the molecule is CN=C(NCCN1CCS(=O)(=O)CC1)NCC(C)(C)OC. The van der Waals surface area contributed by atoms with Crippen LogP contribution in [-0.4, -0.2) is 83.3 Å². The summed E-state index contributed by atoms with van der Waals surface area (Å²) in [6.07, 6.45) is 0. The van der Waals surface area contributed by atoms with Crippen molar-refractivity contribution in [3.8, 4) is 0 Å². The third kappa shape index (κ3) is 7.10. The lowest BCUT2D eigenvalue weighted by molar-refractivity contribution is 0.0268. The zero-order valence-corrected chi connectivity index (χ0v) is 14.3. The Balaban J connectivity index is 2.24. The van der Waals surface area contributed by atoms with Crippen LogP contribution in [0, 0.1) is 0 Å². The van der Waals surface area contributed by atoms with Crippen LogP contribution >= 0.6 is 0 Å². The molecular formula is C13H28N4O3S. The van der Waals surface area contributed by atoms with Gasteiger partial charge in [0.1, 0.15) is 0 Å². The molecule has 1 rings (SSSR count). The Kier molecular flexibility index (Phi) is 6.89. The lowest BCUT2D eigenvalue weighted by atomic mass is 10.1. The first-order valence-electron chi connectivity index (χ1n) is 7.20. The summed E-state index contributed by atoms with van der Waals surface area (Å²) in [6.45, 7) is 7.44. The highest BCUT2D eigenvalue weighted by Gasteiger charge is 2.21. The van der Waals surface area contributed by atoms with Crippen LogP contribution in [0.3, 0.4) is 0 Å². The van der Waals surface area contributed by atoms with Crippen molar-refractivity contribution >= 4 is 15.8 Å². The van der Waals surface area contributed by atoms with Gasteiger partial charge in [-0.15, -0.1) is 0 Å². The highest BCUT2D eigenvalue weighted by Crippen LogP contribution is 2.04. The molecule has 0 aromatic heterocycles. The molecule has 0 radical (unpaired) electrons. The van der Waals surface area contributed by atoms with Gasteiger partial charge in [0.25, 0.3) is 0 Å². The molecule has 1 aliphatic rings. The van der Waals surface area contributed by atoms with E-state index >= 15 is 0 Å². The summed E-state index contributed by atoms with van der Waals surface area (Å²) in [5.41, 5.74) is -0.251. The molecule has 0 saturated carbocycles. The highest BCUT2D eigenvalue weighted by molar-refractivity contribution is 7.91. The van der Waals surface area contributed by atoms with E-state index in [2.05, 4.69) is 20.5 Å². The van der Waals surface area contributed by atoms with E-state index in [0.717, 1.165) is 19.0 Å². The van der Waals surface area contributed by atoms with Gasteiger partial charge in [-0.2, -0.15) is 0 Å². The topological polar surface area (TPSA) is 83.0 Å². The second-order valence-electron chi connectivity index (χ2n) is 5.81. The van der Waals surface area contributed by atoms with Crippen molar-refractivity contribution in [3.63, 3.8) is 0 Å². The lowest BCUT2D eigenvalue weighted by Gasteiger charge is -2.27. The van der Waals surface area contributed by atoms with Crippen molar-refractivity contribution in [2.75, 3.05) is 58.4 Å². The Morgan fingerprint density at radius 2 is 1.90 bits per heavy atom. The molecule has 0 unspecified atom stereocenters. The molecule has 0 amide bonds. The number of nitrogens with zero attached hydrogens (tertiary/aromatic N) is 2. The summed E-state index contributed by atoms with van der Waals surface area (Å²) in [4.78, 5) is 6.31. The number of hydrogen-bond acceptors (Lipinski definition) is 5. The summed E-state index contributed by atoms with van der Waals surface area (Å²) in [7, 11) is 0.606. The van der Waals surface area contributed by atoms with E-state index in [-0.39, 0.29) is 17.1 Å². The molecule has 8 heteroatoms. The fourth-order valence-electron chi connectivity index (χ4n) is 1.90. The van der Waals surface area contributed by atoms with E-state index in [1.165, 1.54) is 0 Å². The molecule has 0 atom stereocenters. The second-order valence-corrected chi connectivity index (χ2v) is 8.11. The van der Waals surface area contributed by atoms with Gasteiger partial charge in [-0.1, -0.05) is 0 Å². The molecule has 0 aromatic carbocycles. The number of rotatable bonds is 6. The minimum Gasteiger partial charge on any atom is -0.377 e. The van der Waals surface area contributed by atoms with E-state index in [1.54, 1.807) is 14.2 Å². The number of methoxy groups -OCH3 is 1. The number of sulfone groups is 1. The van der Waals surface area contributed by atoms with E-state index in [1.807, 2.05) is 13.8 Å². The maximum atomic E-state index is 11.3. The van der Waals surface area contributed by atoms with Crippen molar-refractivity contribution in [2.45, 2.75) is 19.4 Å². The van der Waals surface area contributed by atoms with Crippen molar-refractivity contribution in [3.05, 3.63) is 0 Å². The Bertz CT molecular complexity index is 434. The van der Waals surface area contributed by atoms with Crippen LogP contribution in [0.25, 0.3) is 0 Å². The number of hydrogen-bond donors (Lipinski definition) is 2. The van der Waals surface area contributed by atoms with Gasteiger partial charge in [-0.25, -0.2) is 8.42 Å². The van der Waals surface area contributed by atoms with Crippen LogP contribution in [0.2, 0.25) is 0 Å². The third-order valence-electron chi connectivity index (χ3n) is 3.62. The largest absolute Gasteiger partial charge is 0.377 e.